The third kappa shape index (κ3) is 3.29. The minimum absolute atomic E-state index is 0.600. The number of thioether (sulfide) groups is 1. The summed E-state index contributed by atoms with van der Waals surface area (Å²) < 4.78 is 5.25. The van der Waals surface area contributed by atoms with Crippen molar-refractivity contribution in [2.75, 3.05) is 18.8 Å². The van der Waals surface area contributed by atoms with E-state index in [1.807, 2.05) is 36.0 Å². The summed E-state index contributed by atoms with van der Waals surface area (Å²) in [5, 5.41) is 7.93. The summed E-state index contributed by atoms with van der Waals surface area (Å²) in [4.78, 5) is 4.39. The number of hydrogen-bond acceptors (Lipinski definition) is 5. The molecular formula is C13H14ClN3OS. The van der Waals surface area contributed by atoms with Gasteiger partial charge in [0.05, 0.1) is 5.75 Å². The lowest BCUT2D eigenvalue weighted by molar-refractivity contribution is 0.382. The maximum Gasteiger partial charge on any atom is 0.236 e. The number of halogens is 1. The lowest BCUT2D eigenvalue weighted by Crippen LogP contribution is -2.43. The molecule has 19 heavy (non-hydrogen) atoms. The molecule has 1 aromatic carbocycles. The molecule has 100 valence electrons. The first-order chi connectivity index (χ1) is 9.31. The van der Waals surface area contributed by atoms with E-state index in [0.29, 0.717) is 16.7 Å². The van der Waals surface area contributed by atoms with Gasteiger partial charge in [0, 0.05) is 10.6 Å². The molecule has 1 aromatic heterocycles. The largest absolute Gasteiger partial charge is 0.338 e. The van der Waals surface area contributed by atoms with Crippen LogP contribution in [0.4, 0.5) is 0 Å². The van der Waals surface area contributed by atoms with Gasteiger partial charge in [-0.1, -0.05) is 28.9 Å². The van der Waals surface area contributed by atoms with Gasteiger partial charge in [-0.2, -0.15) is 16.7 Å². The fourth-order valence-electron chi connectivity index (χ4n) is 1.84. The van der Waals surface area contributed by atoms with Crippen molar-refractivity contribution in [1.82, 2.24) is 15.5 Å². The van der Waals surface area contributed by atoms with Gasteiger partial charge in [0.15, 0.2) is 0 Å². The third-order valence-corrected chi connectivity index (χ3v) is 4.39. The smallest absolute Gasteiger partial charge is 0.236 e. The van der Waals surface area contributed by atoms with E-state index in [0.717, 1.165) is 36.1 Å². The van der Waals surface area contributed by atoms with Gasteiger partial charge in [0.25, 0.3) is 0 Å². The van der Waals surface area contributed by atoms with E-state index in [-0.39, 0.29) is 0 Å². The Labute approximate surface area is 120 Å². The Kier molecular flexibility index (Phi) is 4.06. The summed E-state index contributed by atoms with van der Waals surface area (Å²) in [6.45, 7) is 2.26. The van der Waals surface area contributed by atoms with Gasteiger partial charge in [-0.25, -0.2) is 0 Å². The molecular weight excluding hydrogens is 282 g/mol. The van der Waals surface area contributed by atoms with Crippen molar-refractivity contribution in [3.8, 4) is 11.4 Å². The number of rotatable bonds is 5. The second-order valence-electron chi connectivity index (χ2n) is 4.56. The lowest BCUT2D eigenvalue weighted by Gasteiger charge is -2.26. The molecule has 0 bridgehead atoms. The molecule has 2 aromatic rings. The van der Waals surface area contributed by atoms with Crippen molar-refractivity contribution in [3.05, 3.63) is 35.2 Å². The van der Waals surface area contributed by atoms with Gasteiger partial charge < -0.3 is 9.84 Å². The van der Waals surface area contributed by atoms with Gasteiger partial charge >= 0.3 is 0 Å². The van der Waals surface area contributed by atoms with Crippen LogP contribution < -0.4 is 5.32 Å². The molecule has 4 nitrogen and oxygen atoms in total. The quantitative estimate of drug-likeness (QED) is 0.919. The Morgan fingerprint density at radius 3 is 3.05 bits per heavy atom. The summed E-state index contributed by atoms with van der Waals surface area (Å²) in [5.41, 5.74) is 0.885. The lowest BCUT2D eigenvalue weighted by atomic mass is 10.1. The maximum atomic E-state index is 5.95. The van der Waals surface area contributed by atoms with Crippen molar-refractivity contribution >= 4 is 23.4 Å². The summed E-state index contributed by atoms with van der Waals surface area (Å²) in [6, 6.07) is 7.47. The van der Waals surface area contributed by atoms with Gasteiger partial charge in [0.1, 0.15) is 0 Å². The number of nitrogens with one attached hydrogen (secondary N) is 1. The SMILES string of the molecule is Clc1cccc(-c2noc(CSCC3CNC3)n2)c1. The standard InChI is InChI=1S/C13H14ClN3OS/c14-11-3-1-2-10(4-11)13-16-12(18-17-13)8-19-7-9-5-15-6-9/h1-4,9,15H,5-8H2. The fraction of sp³-hybridized carbons (Fsp3) is 0.385. The molecule has 1 N–H and O–H groups in total. The summed E-state index contributed by atoms with van der Waals surface area (Å²) in [5.74, 6) is 3.97. The highest BCUT2D eigenvalue weighted by atomic mass is 35.5. The first-order valence-electron chi connectivity index (χ1n) is 6.18. The summed E-state index contributed by atoms with van der Waals surface area (Å²) >= 11 is 7.79. The molecule has 1 aliphatic heterocycles. The topological polar surface area (TPSA) is 51.0 Å². The predicted octanol–water partition coefficient (Wildman–Crippen LogP) is 2.84. The Morgan fingerprint density at radius 1 is 1.42 bits per heavy atom. The highest BCUT2D eigenvalue weighted by Crippen LogP contribution is 2.22. The monoisotopic (exact) mass is 295 g/mol. The Hall–Kier alpha value is -1.04. The van der Waals surface area contributed by atoms with Crippen LogP contribution in [0.1, 0.15) is 5.89 Å². The Bertz CT molecular complexity index is 556. The van der Waals surface area contributed by atoms with Gasteiger partial charge in [-0.05, 0) is 36.9 Å². The van der Waals surface area contributed by atoms with Crippen LogP contribution in [0.3, 0.4) is 0 Å². The molecule has 0 atom stereocenters. The van der Waals surface area contributed by atoms with E-state index in [1.165, 1.54) is 0 Å². The number of benzene rings is 1. The van der Waals surface area contributed by atoms with E-state index in [1.54, 1.807) is 0 Å². The van der Waals surface area contributed by atoms with E-state index in [4.69, 9.17) is 16.1 Å². The predicted molar refractivity (Wildman–Crippen MR) is 77.3 cm³/mol. The first-order valence-corrected chi connectivity index (χ1v) is 7.71. The Morgan fingerprint density at radius 2 is 2.32 bits per heavy atom. The first kappa shape index (κ1) is 13.0. The van der Waals surface area contributed by atoms with Gasteiger partial charge in [-0.3, -0.25) is 0 Å². The number of nitrogens with zero attached hydrogens (tertiary/aromatic N) is 2. The zero-order valence-electron chi connectivity index (χ0n) is 10.3. The van der Waals surface area contributed by atoms with Crippen LogP contribution in [0.15, 0.2) is 28.8 Å². The van der Waals surface area contributed by atoms with E-state index in [9.17, 15) is 0 Å². The van der Waals surface area contributed by atoms with Crippen LogP contribution in [-0.4, -0.2) is 29.0 Å². The normalized spacial score (nSPS) is 15.4. The van der Waals surface area contributed by atoms with Crippen molar-refractivity contribution in [3.63, 3.8) is 0 Å². The van der Waals surface area contributed by atoms with Crippen LogP contribution in [0.5, 0.6) is 0 Å². The zero-order chi connectivity index (χ0) is 13.1. The van der Waals surface area contributed by atoms with Crippen molar-refractivity contribution in [1.29, 1.82) is 0 Å². The second-order valence-corrected chi connectivity index (χ2v) is 6.03. The van der Waals surface area contributed by atoms with Crippen molar-refractivity contribution in [2.24, 2.45) is 5.92 Å². The van der Waals surface area contributed by atoms with Crippen LogP contribution in [-0.2, 0) is 5.75 Å². The minimum atomic E-state index is 0.600. The second kappa shape index (κ2) is 5.94. The Balaban J connectivity index is 1.59. The molecule has 0 unspecified atom stereocenters. The van der Waals surface area contributed by atoms with Crippen molar-refractivity contribution < 1.29 is 4.52 Å². The van der Waals surface area contributed by atoms with Crippen molar-refractivity contribution in [2.45, 2.75) is 5.75 Å². The third-order valence-electron chi connectivity index (χ3n) is 3.00. The number of aromatic nitrogens is 2. The molecule has 0 radical (unpaired) electrons. The van der Waals surface area contributed by atoms with E-state index >= 15 is 0 Å². The van der Waals surface area contributed by atoms with Gasteiger partial charge in [-0.15, -0.1) is 0 Å². The van der Waals surface area contributed by atoms with Crippen LogP contribution >= 0.6 is 23.4 Å². The summed E-state index contributed by atoms with van der Waals surface area (Å²) in [7, 11) is 0. The summed E-state index contributed by atoms with van der Waals surface area (Å²) in [6.07, 6.45) is 0. The van der Waals surface area contributed by atoms with Crippen LogP contribution in [0.2, 0.25) is 5.02 Å². The molecule has 2 heterocycles. The molecule has 0 amide bonds. The fourth-order valence-corrected chi connectivity index (χ4v) is 3.01. The van der Waals surface area contributed by atoms with Gasteiger partial charge in [0.2, 0.25) is 11.7 Å². The van der Waals surface area contributed by atoms with E-state index in [2.05, 4.69) is 15.5 Å². The molecule has 3 rings (SSSR count). The zero-order valence-corrected chi connectivity index (χ0v) is 11.9. The van der Waals surface area contributed by atoms with Crippen LogP contribution in [0, 0.1) is 5.92 Å². The molecule has 6 heteroatoms. The average Bonchev–Trinajstić information content (AvgIpc) is 2.81. The average molecular weight is 296 g/mol. The van der Waals surface area contributed by atoms with Crippen LogP contribution in [0.25, 0.3) is 11.4 Å². The van der Waals surface area contributed by atoms with E-state index < -0.39 is 0 Å². The highest BCUT2D eigenvalue weighted by molar-refractivity contribution is 7.98. The number of hydrogen-bond donors (Lipinski definition) is 1. The highest BCUT2D eigenvalue weighted by Gasteiger charge is 2.17. The molecule has 1 aliphatic rings. The molecule has 1 fully saturated rings. The maximum absolute atomic E-state index is 5.95. The molecule has 0 aliphatic carbocycles. The minimum Gasteiger partial charge on any atom is -0.338 e. The molecule has 0 spiro atoms. The molecule has 0 saturated carbocycles. The molecule has 1 saturated heterocycles.